The van der Waals surface area contributed by atoms with E-state index >= 15 is 0 Å². The van der Waals surface area contributed by atoms with E-state index in [-0.39, 0.29) is 5.41 Å². The monoisotopic (exact) mass is 244 g/mol. The molecule has 0 amide bonds. The maximum atomic E-state index is 5.92. The summed E-state index contributed by atoms with van der Waals surface area (Å²) in [4.78, 5) is 0. The van der Waals surface area contributed by atoms with Crippen molar-refractivity contribution in [3.05, 3.63) is 46.6 Å². The van der Waals surface area contributed by atoms with E-state index in [0.717, 1.165) is 12.1 Å². The van der Waals surface area contributed by atoms with Crippen LogP contribution >= 0.6 is 11.6 Å². The molecule has 0 saturated heterocycles. The first-order valence-electron chi connectivity index (χ1n) is 5.70. The highest BCUT2D eigenvalue weighted by Crippen LogP contribution is 2.41. The van der Waals surface area contributed by atoms with Crippen LogP contribution in [0.1, 0.15) is 25.0 Å². The van der Waals surface area contributed by atoms with E-state index in [1.807, 2.05) is 12.1 Å². The molecular weight excluding hydrogens is 232 g/mol. The van der Waals surface area contributed by atoms with Gasteiger partial charge in [0.05, 0.1) is 5.69 Å². The second-order valence-corrected chi connectivity index (χ2v) is 5.53. The van der Waals surface area contributed by atoms with Crippen LogP contribution in [0.4, 0.5) is 0 Å². The van der Waals surface area contributed by atoms with Crippen LogP contribution in [0.15, 0.2) is 30.3 Å². The highest BCUT2D eigenvalue weighted by Gasteiger charge is 2.31. The smallest absolute Gasteiger partial charge is 0.149 e. The largest absolute Gasteiger partial charge is 0.152 e. The summed E-state index contributed by atoms with van der Waals surface area (Å²) in [7, 11) is 0. The molecule has 0 fully saturated rings. The third-order valence-corrected chi connectivity index (χ3v) is 3.57. The zero-order chi connectivity index (χ0) is 12.0. The Balaban J connectivity index is 2.31. The molecule has 17 heavy (non-hydrogen) atoms. The van der Waals surface area contributed by atoms with Gasteiger partial charge < -0.3 is 0 Å². The Hall–Kier alpha value is -1.41. The lowest BCUT2D eigenvalue weighted by atomic mass is 9.72. The number of hydrogen-bond acceptors (Lipinski definition) is 2. The van der Waals surface area contributed by atoms with Gasteiger partial charge in [-0.25, -0.2) is 0 Å². The van der Waals surface area contributed by atoms with Crippen LogP contribution in [0.3, 0.4) is 0 Å². The van der Waals surface area contributed by atoms with Crippen molar-refractivity contribution in [3.63, 3.8) is 0 Å². The molecule has 0 saturated carbocycles. The second kappa shape index (κ2) is 3.54. The van der Waals surface area contributed by atoms with Gasteiger partial charge >= 0.3 is 0 Å². The van der Waals surface area contributed by atoms with Gasteiger partial charge in [0.1, 0.15) is 0 Å². The van der Waals surface area contributed by atoms with Gasteiger partial charge in [0.25, 0.3) is 0 Å². The van der Waals surface area contributed by atoms with Crippen molar-refractivity contribution in [2.75, 3.05) is 0 Å². The van der Waals surface area contributed by atoms with Crippen LogP contribution in [0.25, 0.3) is 11.3 Å². The molecule has 3 heteroatoms. The van der Waals surface area contributed by atoms with E-state index in [1.165, 1.54) is 16.7 Å². The van der Waals surface area contributed by atoms with Crippen LogP contribution in [-0.4, -0.2) is 10.2 Å². The first-order valence-corrected chi connectivity index (χ1v) is 6.08. The van der Waals surface area contributed by atoms with Crippen molar-refractivity contribution in [2.24, 2.45) is 0 Å². The summed E-state index contributed by atoms with van der Waals surface area (Å²) in [5.74, 6) is 0. The van der Waals surface area contributed by atoms with Crippen LogP contribution in [0.5, 0.6) is 0 Å². The Morgan fingerprint density at radius 3 is 2.76 bits per heavy atom. The van der Waals surface area contributed by atoms with Crippen molar-refractivity contribution in [1.82, 2.24) is 10.2 Å². The molecule has 1 heterocycles. The molecule has 2 aromatic rings. The van der Waals surface area contributed by atoms with Crippen molar-refractivity contribution < 1.29 is 0 Å². The minimum atomic E-state index is 0.121. The first kappa shape index (κ1) is 10.7. The molecule has 1 aromatic heterocycles. The molecule has 3 rings (SSSR count). The lowest BCUT2D eigenvalue weighted by Gasteiger charge is -2.33. The fourth-order valence-corrected chi connectivity index (χ4v) is 2.79. The molecule has 1 aliphatic rings. The van der Waals surface area contributed by atoms with E-state index in [9.17, 15) is 0 Å². The van der Waals surface area contributed by atoms with Gasteiger partial charge in [0.2, 0.25) is 0 Å². The molecular formula is C14H13ClN2. The van der Waals surface area contributed by atoms with E-state index in [2.05, 4.69) is 42.2 Å². The molecule has 0 radical (unpaired) electrons. The summed E-state index contributed by atoms with van der Waals surface area (Å²) in [6.45, 7) is 4.51. The second-order valence-electron chi connectivity index (χ2n) is 5.15. The number of hydrogen-bond donors (Lipinski definition) is 0. The lowest BCUT2D eigenvalue weighted by molar-refractivity contribution is 0.514. The zero-order valence-corrected chi connectivity index (χ0v) is 10.6. The maximum absolute atomic E-state index is 5.92. The minimum absolute atomic E-state index is 0.121. The predicted octanol–water partition coefficient (Wildman–Crippen LogP) is 3.63. The van der Waals surface area contributed by atoms with E-state index < -0.39 is 0 Å². The van der Waals surface area contributed by atoms with E-state index in [4.69, 9.17) is 11.6 Å². The highest BCUT2D eigenvalue weighted by molar-refractivity contribution is 6.29. The summed E-state index contributed by atoms with van der Waals surface area (Å²) in [5.41, 5.74) is 4.81. The molecule has 0 unspecified atom stereocenters. The Labute approximate surface area is 106 Å². The number of nitrogens with zero attached hydrogens (tertiary/aromatic N) is 2. The number of fused-ring (bicyclic) bond motifs is 3. The molecule has 0 bridgehead atoms. The van der Waals surface area contributed by atoms with E-state index in [1.54, 1.807) is 0 Å². The Morgan fingerprint density at radius 1 is 1.18 bits per heavy atom. The van der Waals surface area contributed by atoms with Crippen molar-refractivity contribution in [1.29, 1.82) is 0 Å². The number of aromatic nitrogens is 2. The molecule has 0 aliphatic heterocycles. The third kappa shape index (κ3) is 1.64. The van der Waals surface area contributed by atoms with Gasteiger partial charge in [-0.2, -0.15) is 0 Å². The van der Waals surface area contributed by atoms with Crippen LogP contribution < -0.4 is 0 Å². The molecule has 0 spiro atoms. The number of rotatable bonds is 0. The molecule has 0 atom stereocenters. The summed E-state index contributed by atoms with van der Waals surface area (Å²) in [6.07, 6.45) is 0.953. The molecule has 1 aromatic carbocycles. The van der Waals surface area contributed by atoms with Crippen molar-refractivity contribution >= 4 is 11.6 Å². The zero-order valence-electron chi connectivity index (χ0n) is 9.87. The molecule has 0 N–H and O–H groups in total. The average molecular weight is 245 g/mol. The Kier molecular flexibility index (Phi) is 2.23. The van der Waals surface area contributed by atoms with Crippen LogP contribution in [0, 0.1) is 0 Å². The summed E-state index contributed by atoms with van der Waals surface area (Å²) >= 11 is 5.92. The topological polar surface area (TPSA) is 25.8 Å². The molecule has 86 valence electrons. The molecule has 2 nitrogen and oxygen atoms in total. The fourth-order valence-electron chi connectivity index (χ4n) is 2.62. The Morgan fingerprint density at radius 2 is 1.94 bits per heavy atom. The van der Waals surface area contributed by atoms with Gasteiger partial charge in [-0.1, -0.05) is 49.7 Å². The highest BCUT2D eigenvalue weighted by atomic mass is 35.5. The van der Waals surface area contributed by atoms with E-state index in [0.29, 0.717) is 5.15 Å². The average Bonchev–Trinajstić information content (AvgIpc) is 2.28. The minimum Gasteiger partial charge on any atom is -0.149 e. The van der Waals surface area contributed by atoms with Crippen molar-refractivity contribution in [3.8, 4) is 11.3 Å². The number of halogens is 1. The SMILES string of the molecule is CC1(C)Cc2cc(Cl)nnc2-c2ccccc21. The fraction of sp³-hybridized carbons (Fsp3) is 0.286. The van der Waals surface area contributed by atoms with Gasteiger partial charge in [-0.15, -0.1) is 10.2 Å². The maximum Gasteiger partial charge on any atom is 0.152 e. The summed E-state index contributed by atoms with van der Waals surface area (Å²) in [6, 6.07) is 10.3. The predicted molar refractivity (Wildman–Crippen MR) is 69.2 cm³/mol. The summed E-state index contributed by atoms with van der Waals surface area (Å²) in [5, 5.41) is 8.67. The van der Waals surface area contributed by atoms with Gasteiger partial charge in [-0.3, -0.25) is 0 Å². The lowest BCUT2D eigenvalue weighted by Crippen LogP contribution is -2.26. The number of benzene rings is 1. The quantitative estimate of drug-likeness (QED) is 0.707. The van der Waals surface area contributed by atoms with Crippen LogP contribution in [0.2, 0.25) is 5.15 Å². The molecule has 1 aliphatic carbocycles. The third-order valence-electron chi connectivity index (χ3n) is 3.39. The standard InChI is InChI=1S/C14H13ClN2/c1-14(2)8-9-7-12(15)16-17-13(9)10-5-3-4-6-11(10)14/h3-7H,8H2,1-2H3. The van der Waals surface area contributed by atoms with Crippen molar-refractivity contribution in [2.45, 2.75) is 25.7 Å². The Bertz CT molecular complexity index is 591. The first-order chi connectivity index (χ1) is 8.08. The van der Waals surface area contributed by atoms with Gasteiger partial charge in [0.15, 0.2) is 5.15 Å². The van der Waals surface area contributed by atoms with Gasteiger partial charge in [0, 0.05) is 5.56 Å². The summed E-state index contributed by atoms with van der Waals surface area (Å²) < 4.78 is 0. The normalized spacial score (nSPS) is 16.2. The van der Waals surface area contributed by atoms with Gasteiger partial charge in [-0.05, 0) is 29.0 Å². The van der Waals surface area contributed by atoms with Crippen LogP contribution in [-0.2, 0) is 11.8 Å².